The third kappa shape index (κ3) is 5.08. The lowest BCUT2D eigenvalue weighted by Crippen LogP contribution is -2.36. The van der Waals surface area contributed by atoms with Crippen LogP contribution in [0.5, 0.6) is 5.75 Å². The Morgan fingerprint density at radius 1 is 1.00 bits per heavy atom. The van der Waals surface area contributed by atoms with Crippen molar-refractivity contribution in [3.8, 4) is 5.75 Å². The standard InChI is InChI=1S/C22H27NO4/c1-25-21(23-14-6-7-15-23)16-20(17-8-4-3-5-9-17)27-19-12-10-18(11-13-19)22(24)26-2/h3-5,8-13,20-21H,6-7,14-16H2,1-2H3/t20-,21-/m0/s1. The van der Waals surface area contributed by atoms with E-state index < -0.39 is 0 Å². The molecular weight excluding hydrogens is 342 g/mol. The number of rotatable bonds is 8. The molecule has 0 aliphatic carbocycles. The second-order valence-corrected chi connectivity index (χ2v) is 6.70. The van der Waals surface area contributed by atoms with Gasteiger partial charge in [-0.2, -0.15) is 0 Å². The Kier molecular flexibility index (Phi) is 6.85. The van der Waals surface area contributed by atoms with Crippen LogP contribution in [0.4, 0.5) is 0 Å². The molecular formula is C22H27NO4. The summed E-state index contributed by atoms with van der Waals surface area (Å²) in [5, 5.41) is 0. The maximum Gasteiger partial charge on any atom is 0.337 e. The minimum atomic E-state index is -0.352. The zero-order valence-corrected chi connectivity index (χ0v) is 16.0. The van der Waals surface area contributed by atoms with E-state index in [9.17, 15) is 4.79 Å². The summed E-state index contributed by atoms with van der Waals surface area (Å²) in [5.74, 6) is 0.363. The molecule has 1 aliphatic rings. The summed E-state index contributed by atoms with van der Waals surface area (Å²) >= 11 is 0. The van der Waals surface area contributed by atoms with E-state index in [-0.39, 0.29) is 18.3 Å². The molecule has 0 bridgehead atoms. The van der Waals surface area contributed by atoms with Crippen LogP contribution in [0.2, 0.25) is 0 Å². The molecule has 5 heteroatoms. The zero-order valence-electron chi connectivity index (χ0n) is 16.0. The monoisotopic (exact) mass is 369 g/mol. The summed E-state index contributed by atoms with van der Waals surface area (Å²) in [5.41, 5.74) is 1.61. The molecule has 2 aromatic carbocycles. The van der Waals surface area contributed by atoms with E-state index in [4.69, 9.17) is 14.2 Å². The highest BCUT2D eigenvalue weighted by Gasteiger charge is 2.26. The molecule has 0 radical (unpaired) electrons. The van der Waals surface area contributed by atoms with Crippen LogP contribution < -0.4 is 4.74 Å². The van der Waals surface area contributed by atoms with Gasteiger partial charge in [-0.1, -0.05) is 30.3 Å². The van der Waals surface area contributed by atoms with Gasteiger partial charge in [-0.3, -0.25) is 4.90 Å². The van der Waals surface area contributed by atoms with Gasteiger partial charge in [0.1, 0.15) is 18.1 Å². The Morgan fingerprint density at radius 2 is 1.67 bits per heavy atom. The van der Waals surface area contributed by atoms with Gasteiger partial charge in [-0.25, -0.2) is 4.79 Å². The molecule has 1 saturated heterocycles. The molecule has 144 valence electrons. The van der Waals surface area contributed by atoms with E-state index in [1.807, 2.05) is 18.2 Å². The van der Waals surface area contributed by atoms with Crippen LogP contribution in [-0.4, -0.2) is 44.4 Å². The van der Waals surface area contributed by atoms with Crippen molar-refractivity contribution in [2.24, 2.45) is 0 Å². The van der Waals surface area contributed by atoms with Crippen LogP contribution in [0.15, 0.2) is 54.6 Å². The van der Waals surface area contributed by atoms with Gasteiger partial charge in [-0.05, 0) is 42.7 Å². The molecule has 1 aliphatic heterocycles. The molecule has 27 heavy (non-hydrogen) atoms. The molecule has 5 nitrogen and oxygen atoms in total. The molecule has 1 heterocycles. The third-order valence-electron chi connectivity index (χ3n) is 4.96. The van der Waals surface area contributed by atoms with Gasteiger partial charge in [0.15, 0.2) is 0 Å². The quantitative estimate of drug-likeness (QED) is 0.657. The molecule has 3 rings (SSSR count). The van der Waals surface area contributed by atoms with Crippen LogP contribution in [-0.2, 0) is 9.47 Å². The number of carbonyl (C=O) groups is 1. The number of hydrogen-bond acceptors (Lipinski definition) is 5. The first-order valence-corrected chi connectivity index (χ1v) is 9.38. The molecule has 0 amide bonds. The van der Waals surface area contributed by atoms with Gasteiger partial charge in [0.05, 0.1) is 12.7 Å². The smallest absolute Gasteiger partial charge is 0.337 e. The highest BCUT2D eigenvalue weighted by molar-refractivity contribution is 5.89. The Balaban J connectivity index is 1.76. The first-order chi connectivity index (χ1) is 13.2. The average molecular weight is 369 g/mol. The normalized spacial score (nSPS) is 16.7. The Morgan fingerprint density at radius 3 is 2.26 bits per heavy atom. The Hall–Kier alpha value is -2.37. The van der Waals surface area contributed by atoms with Crippen molar-refractivity contribution in [3.63, 3.8) is 0 Å². The number of hydrogen-bond donors (Lipinski definition) is 0. The number of likely N-dealkylation sites (tertiary alicyclic amines) is 1. The van der Waals surface area contributed by atoms with Crippen molar-refractivity contribution in [1.29, 1.82) is 0 Å². The molecule has 1 fully saturated rings. The number of methoxy groups -OCH3 is 2. The van der Waals surface area contributed by atoms with E-state index in [0.717, 1.165) is 25.1 Å². The van der Waals surface area contributed by atoms with Crippen molar-refractivity contribution in [2.45, 2.75) is 31.6 Å². The Bertz CT molecular complexity index is 711. The number of ether oxygens (including phenoxy) is 3. The molecule has 0 unspecified atom stereocenters. The lowest BCUT2D eigenvalue weighted by atomic mass is 10.0. The van der Waals surface area contributed by atoms with E-state index in [0.29, 0.717) is 11.3 Å². The number of esters is 1. The second kappa shape index (κ2) is 9.53. The fourth-order valence-electron chi connectivity index (χ4n) is 3.48. The lowest BCUT2D eigenvalue weighted by Gasteiger charge is -2.30. The lowest BCUT2D eigenvalue weighted by molar-refractivity contribution is -0.0459. The maximum absolute atomic E-state index is 11.6. The van der Waals surface area contributed by atoms with E-state index in [1.165, 1.54) is 20.0 Å². The molecule has 2 atom stereocenters. The van der Waals surface area contributed by atoms with Crippen molar-refractivity contribution in [1.82, 2.24) is 4.90 Å². The first kappa shape index (κ1) is 19.4. The minimum absolute atomic E-state index is 0.0204. The second-order valence-electron chi connectivity index (χ2n) is 6.70. The first-order valence-electron chi connectivity index (χ1n) is 9.38. The summed E-state index contributed by atoms with van der Waals surface area (Å²) in [6.45, 7) is 2.13. The summed E-state index contributed by atoms with van der Waals surface area (Å²) in [4.78, 5) is 14.0. The highest BCUT2D eigenvalue weighted by atomic mass is 16.5. The summed E-state index contributed by atoms with van der Waals surface area (Å²) in [6, 6.07) is 17.2. The third-order valence-corrected chi connectivity index (χ3v) is 4.96. The Labute approximate surface area is 160 Å². The number of nitrogens with zero attached hydrogens (tertiary/aromatic N) is 1. The van der Waals surface area contributed by atoms with Crippen LogP contribution in [0.3, 0.4) is 0 Å². The van der Waals surface area contributed by atoms with Crippen molar-refractivity contribution in [2.75, 3.05) is 27.3 Å². The molecule has 0 N–H and O–H groups in total. The number of carbonyl (C=O) groups excluding carboxylic acids is 1. The van der Waals surface area contributed by atoms with Gasteiger partial charge >= 0.3 is 5.97 Å². The van der Waals surface area contributed by atoms with Crippen LogP contribution >= 0.6 is 0 Å². The van der Waals surface area contributed by atoms with Crippen LogP contribution in [0.25, 0.3) is 0 Å². The molecule has 2 aromatic rings. The minimum Gasteiger partial charge on any atom is -0.486 e. The van der Waals surface area contributed by atoms with Gasteiger partial charge < -0.3 is 14.2 Å². The number of benzene rings is 2. The molecule has 0 aromatic heterocycles. The summed E-state index contributed by atoms with van der Waals surface area (Å²) < 4.78 is 16.8. The largest absolute Gasteiger partial charge is 0.486 e. The predicted molar refractivity (Wildman–Crippen MR) is 104 cm³/mol. The fourth-order valence-corrected chi connectivity index (χ4v) is 3.48. The maximum atomic E-state index is 11.6. The van der Waals surface area contributed by atoms with Crippen LogP contribution in [0, 0.1) is 0 Å². The van der Waals surface area contributed by atoms with Gasteiger partial charge in [0.2, 0.25) is 0 Å². The van der Waals surface area contributed by atoms with E-state index >= 15 is 0 Å². The molecule has 0 spiro atoms. The van der Waals surface area contributed by atoms with E-state index in [1.54, 1.807) is 31.4 Å². The predicted octanol–water partition coefficient (Wildman–Crippen LogP) is 4.05. The van der Waals surface area contributed by atoms with Gasteiger partial charge in [0, 0.05) is 26.6 Å². The van der Waals surface area contributed by atoms with Crippen molar-refractivity contribution in [3.05, 3.63) is 65.7 Å². The zero-order chi connectivity index (χ0) is 19.1. The van der Waals surface area contributed by atoms with Gasteiger partial charge in [-0.15, -0.1) is 0 Å². The van der Waals surface area contributed by atoms with Gasteiger partial charge in [0.25, 0.3) is 0 Å². The highest BCUT2D eigenvalue weighted by Crippen LogP contribution is 2.29. The van der Waals surface area contributed by atoms with Crippen LogP contribution in [0.1, 0.15) is 41.3 Å². The SMILES string of the molecule is COC(=O)c1ccc(O[C@@H](C[C@H](OC)N2CCCC2)c2ccccc2)cc1. The molecule has 0 saturated carbocycles. The fraction of sp³-hybridized carbons (Fsp3) is 0.409. The summed E-state index contributed by atoms with van der Waals surface area (Å²) in [6.07, 6.45) is 3.05. The van der Waals surface area contributed by atoms with E-state index in [2.05, 4.69) is 17.0 Å². The average Bonchev–Trinajstić information content (AvgIpc) is 3.26. The van der Waals surface area contributed by atoms with Crippen molar-refractivity contribution < 1.29 is 19.0 Å². The summed E-state index contributed by atoms with van der Waals surface area (Å²) in [7, 11) is 3.14. The van der Waals surface area contributed by atoms with Crippen molar-refractivity contribution >= 4 is 5.97 Å². The topological polar surface area (TPSA) is 48.0 Å².